The summed E-state index contributed by atoms with van der Waals surface area (Å²) in [5.41, 5.74) is 0. The number of guanidine groups is 1. The summed E-state index contributed by atoms with van der Waals surface area (Å²) in [6.45, 7) is 14.0. The lowest BCUT2D eigenvalue weighted by molar-refractivity contribution is 0.0205. The van der Waals surface area contributed by atoms with Crippen molar-refractivity contribution in [2.75, 3.05) is 85.8 Å². The summed E-state index contributed by atoms with van der Waals surface area (Å²) in [6.07, 6.45) is 4.51. The third-order valence-electron chi connectivity index (χ3n) is 5.29. The van der Waals surface area contributed by atoms with Gasteiger partial charge in [0.2, 0.25) is 0 Å². The average molecular weight is 511 g/mol. The maximum atomic E-state index is 5.82. The van der Waals surface area contributed by atoms with Gasteiger partial charge in [-0.25, -0.2) is 0 Å². The zero-order valence-electron chi connectivity index (χ0n) is 18.0. The molecular weight excluding hydrogens is 469 g/mol. The van der Waals surface area contributed by atoms with Gasteiger partial charge in [-0.3, -0.25) is 4.99 Å². The average Bonchev–Trinajstić information content (AvgIpc) is 2.89. The van der Waals surface area contributed by atoms with Gasteiger partial charge in [0.25, 0.3) is 0 Å². The molecule has 2 fully saturated rings. The van der Waals surface area contributed by atoms with Crippen molar-refractivity contribution >= 4 is 29.9 Å². The standard InChI is InChI=1S/C20H41N5O2.HI/c1-3-21-20(23-9-12-25-11-5-10-24(2)13-14-25)22-8-4-15-27-18-19-6-16-26-17-7-19;/h19H,3-18H2,1-2H3,(H2,21,22,23);1H. The van der Waals surface area contributed by atoms with Gasteiger partial charge in [-0.2, -0.15) is 0 Å². The molecular formula is C20H42IN5O2. The second-order valence-corrected chi connectivity index (χ2v) is 7.67. The Kier molecular flexibility index (Phi) is 15.4. The molecule has 0 saturated carbocycles. The minimum atomic E-state index is 0. The maximum Gasteiger partial charge on any atom is 0.191 e. The van der Waals surface area contributed by atoms with Crippen LogP contribution in [0.4, 0.5) is 0 Å². The minimum Gasteiger partial charge on any atom is -0.381 e. The van der Waals surface area contributed by atoms with E-state index >= 15 is 0 Å². The molecule has 2 N–H and O–H groups in total. The Balaban J connectivity index is 0.00000392. The van der Waals surface area contributed by atoms with E-state index in [0.717, 1.165) is 84.4 Å². The first kappa shape index (κ1) is 25.9. The Morgan fingerprint density at radius 2 is 1.96 bits per heavy atom. The highest BCUT2D eigenvalue weighted by Gasteiger charge is 2.13. The monoisotopic (exact) mass is 511 g/mol. The quantitative estimate of drug-likeness (QED) is 0.201. The Bertz CT molecular complexity index is 408. The van der Waals surface area contributed by atoms with Gasteiger partial charge in [0, 0.05) is 65.7 Å². The van der Waals surface area contributed by atoms with Crippen LogP contribution in [0.5, 0.6) is 0 Å². The molecule has 0 amide bonds. The smallest absolute Gasteiger partial charge is 0.191 e. The van der Waals surface area contributed by atoms with Crippen molar-refractivity contribution in [2.24, 2.45) is 10.9 Å². The first-order chi connectivity index (χ1) is 13.3. The Morgan fingerprint density at radius 1 is 1.14 bits per heavy atom. The van der Waals surface area contributed by atoms with Crippen LogP contribution in [-0.4, -0.2) is 102 Å². The van der Waals surface area contributed by atoms with Crippen molar-refractivity contribution in [3.05, 3.63) is 0 Å². The lowest BCUT2D eigenvalue weighted by atomic mass is 10.0. The molecule has 2 heterocycles. The van der Waals surface area contributed by atoms with Crippen LogP contribution in [0.1, 0.15) is 32.6 Å². The summed E-state index contributed by atoms with van der Waals surface area (Å²) >= 11 is 0. The van der Waals surface area contributed by atoms with Gasteiger partial charge in [-0.05, 0) is 58.7 Å². The summed E-state index contributed by atoms with van der Waals surface area (Å²) in [4.78, 5) is 9.64. The van der Waals surface area contributed by atoms with E-state index in [2.05, 4.69) is 39.4 Å². The fourth-order valence-corrected chi connectivity index (χ4v) is 3.52. The van der Waals surface area contributed by atoms with E-state index in [1.54, 1.807) is 0 Å². The van der Waals surface area contributed by atoms with Crippen LogP contribution in [0.3, 0.4) is 0 Å². The van der Waals surface area contributed by atoms with E-state index in [1.807, 2.05) is 0 Å². The van der Waals surface area contributed by atoms with Crippen molar-refractivity contribution in [3.63, 3.8) is 0 Å². The molecule has 0 aliphatic carbocycles. The van der Waals surface area contributed by atoms with Gasteiger partial charge in [-0.15, -0.1) is 24.0 Å². The van der Waals surface area contributed by atoms with Crippen molar-refractivity contribution in [1.29, 1.82) is 0 Å². The summed E-state index contributed by atoms with van der Waals surface area (Å²) in [5, 5.41) is 6.81. The first-order valence-corrected chi connectivity index (χ1v) is 10.9. The first-order valence-electron chi connectivity index (χ1n) is 10.9. The Hall–Kier alpha value is -0.160. The van der Waals surface area contributed by atoms with Gasteiger partial charge in [0.1, 0.15) is 0 Å². The lowest BCUT2D eigenvalue weighted by Gasteiger charge is -2.21. The van der Waals surface area contributed by atoms with Crippen LogP contribution in [-0.2, 0) is 9.47 Å². The normalized spacial score (nSPS) is 20.4. The molecule has 7 nitrogen and oxygen atoms in total. The highest BCUT2D eigenvalue weighted by Crippen LogP contribution is 2.14. The van der Waals surface area contributed by atoms with Crippen LogP contribution in [0.2, 0.25) is 0 Å². The molecule has 2 saturated heterocycles. The summed E-state index contributed by atoms with van der Waals surface area (Å²) < 4.78 is 11.2. The van der Waals surface area contributed by atoms with E-state index in [0.29, 0.717) is 5.92 Å². The van der Waals surface area contributed by atoms with E-state index < -0.39 is 0 Å². The molecule has 0 aromatic carbocycles. The SMILES string of the molecule is CCNC(=NCCCOCC1CCOCC1)NCCN1CCCN(C)CC1.I. The Labute approximate surface area is 189 Å². The summed E-state index contributed by atoms with van der Waals surface area (Å²) in [5.74, 6) is 1.61. The zero-order valence-corrected chi connectivity index (χ0v) is 20.3. The van der Waals surface area contributed by atoms with Crippen LogP contribution >= 0.6 is 24.0 Å². The van der Waals surface area contributed by atoms with E-state index in [4.69, 9.17) is 9.47 Å². The van der Waals surface area contributed by atoms with Gasteiger partial charge >= 0.3 is 0 Å². The number of hydrogen-bond donors (Lipinski definition) is 2. The summed E-state index contributed by atoms with van der Waals surface area (Å²) in [6, 6.07) is 0. The van der Waals surface area contributed by atoms with E-state index in [-0.39, 0.29) is 24.0 Å². The molecule has 2 aliphatic rings. The highest BCUT2D eigenvalue weighted by molar-refractivity contribution is 14.0. The fraction of sp³-hybridized carbons (Fsp3) is 0.950. The second kappa shape index (κ2) is 16.6. The lowest BCUT2D eigenvalue weighted by Crippen LogP contribution is -2.42. The fourth-order valence-electron chi connectivity index (χ4n) is 3.52. The van der Waals surface area contributed by atoms with Gasteiger partial charge in [0.15, 0.2) is 5.96 Å². The number of ether oxygens (including phenoxy) is 2. The van der Waals surface area contributed by atoms with Crippen LogP contribution in [0, 0.1) is 5.92 Å². The van der Waals surface area contributed by atoms with Gasteiger partial charge in [-0.1, -0.05) is 0 Å². The van der Waals surface area contributed by atoms with Crippen molar-refractivity contribution in [1.82, 2.24) is 20.4 Å². The number of rotatable bonds is 10. The predicted octanol–water partition coefficient (Wildman–Crippen LogP) is 1.63. The van der Waals surface area contributed by atoms with Crippen LogP contribution in [0.25, 0.3) is 0 Å². The third kappa shape index (κ3) is 11.7. The van der Waals surface area contributed by atoms with Crippen LogP contribution in [0.15, 0.2) is 4.99 Å². The van der Waals surface area contributed by atoms with E-state index in [1.165, 1.54) is 26.1 Å². The molecule has 0 unspecified atom stereocenters. The number of halogens is 1. The third-order valence-corrected chi connectivity index (χ3v) is 5.29. The zero-order chi connectivity index (χ0) is 19.2. The summed E-state index contributed by atoms with van der Waals surface area (Å²) in [7, 11) is 2.21. The molecule has 0 spiro atoms. The van der Waals surface area contributed by atoms with Crippen molar-refractivity contribution in [2.45, 2.75) is 32.6 Å². The number of nitrogens with one attached hydrogen (secondary N) is 2. The molecule has 0 bridgehead atoms. The highest BCUT2D eigenvalue weighted by atomic mass is 127. The molecule has 166 valence electrons. The number of hydrogen-bond acceptors (Lipinski definition) is 5. The number of aliphatic imine (C=N–C) groups is 1. The number of likely N-dealkylation sites (N-methyl/N-ethyl adjacent to an activating group) is 1. The molecule has 0 atom stereocenters. The predicted molar refractivity (Wildman–Crippen MR) is 127 cm³/mol. The molecule has 8 heteroatoms. The van der Waals surface area contributed by atoms with Crippen molar-refractivity contribution in [3.8, 4) is 0 Å². The largest absolute Gasteiger partial charge is 0.381 e. The molecule has 0 aromatic heterocycles. The second-order valence-electron chi connectivity index (χ2n) is 7.67. The maximum absolute atomic E-state index is 5.82. The minimum absolute atomic E-state index is 0. The molecule has 0 radical (unpaired) electrons. The van der Waals surface area contributed by atoms with Gasteiger partial charge < -0.3 is 29.9 Å². The Morgan fingerprint density at radius 3 is 2.75 bits per heavy atom. The number of nitrogens with zero attached hydrogens (tertiary/aromatic N) is 3. The van der Waals surface area contributed by atoms with Crippen molar-refractivity contribution < 1.29 is 9.47 Å². The van der Waals surface area contributed by atoms with Crippen LogP contribution < -0.4 is 10.6 Å². The molecule has 0 aromatic rings. The molecule has 2 aliphatic heterocycles. The topological polar surface area (TPSA) is 61.4 Å². The molecule has 28 heavy (non-hydrogen) atoms. The van der Waals surface area contributed by atoms with Gasteiger partial charge in [0.05, 0.1) is 0 Å². The molecule has 2 rings (SSSR count). The van der Waals surface area contributed by atoms with E-state index in [9.17, 15) is 0 Å².